The molecule has 7 heteroatoms. The van der Waals surface area contributed by atoms with Crippen LogP contribution in [0, 0.1) is 18.3 Å². The number of pyridine rings is 1. The molecule has 0 fully saturated rings. The quantitative estimate of drug-likeness (QED) is 0.364. The fraction of sp³-hybridized carbons (Fsp3) is 0.0800. The van der Waals surface area contributed by atoms with Crippen molar-refractivity contribution in [2.24, 2.45) is 0 Å². The van der Waals surface area contributed by atoms with Crippen LogP contribution in [0.2, 0.25) is 10.0 Å². The molecule has 1 amide bonds. The van der Waals surface area contributed by atoms with Gasteiger partial charge < -0.3 is 10.4 Å². The van der Waals surface area contributed by atoms with Gasteiger partial charge in [-0.15, -0.1) is 0 Å². The van der Waals surface area contributed by atoms with E-state index in [1.54, 1.807) is 60.8 Å². The summed E-state index contributed by atoms with van der Waals surface area (Å²) in [6, 6.07) is 19.2. The molecule has 0 aliphatic rings. The van der Waals surface area contributed by atoms with Gasteiger partial charge in [0.1, 0.15) is 11.3 Å². The minimum atomic E-state index is -0.574. The number of nitrogens with one attached hydrogen (secondary N) is 1. The molecule has 0 aliphatic heterocycles. The fourth-order valence-electron chi connectivity index (χ4n) is 3.58. The summed E-state index contributed by atoms with van der Waals surface area (Å²) in [5, 5.41) is 24.2. The summed E-state index contributed by atoms with van der Waals surface area (Å²) in [4.78, 5) is 17.1. The average molecular weight is 462 g/mol. The largest absolute Gasteiger partial charge is 0.506 e. The number of aryl methyl sites for hydroxylation is 1. The Kier molecular flexibility index (Phi) is 6.00. The lowest BCUT2D eigenvalue weighted by atomic mass is 9.91. The third kappa shape index (κ3) is 4.11. The lowest BCUT2D eigenvalue weighted by molar-refractivity contribution is 0.102. The van der Waals surface area contributed by atoms with Crippen LogP contribution in [0.15, 0.2) is 66.9 Å². The van der Waals surface area contributed by atoms with Crippen molar-refractivity contribution < 1.29 is 9.90 Å². The van der Waals surface area contributed by atoms with E-state index < -0.39 is 5.92 Å². The Labute approximate surface area is 194 Å². The van der Waals surface area contributed by atoms with Crippen molar-refractivity contribution in [1.82, 2.24) is 4.98 Å². The third-order valence-corrected chi connectivity index (χ3v) is 5.81. The number of benzene rings is 3. The van der Waals surface area contributed by atoms with Gasteiger partial charge in [0.05, 0.1) is 12.0 Å². The van der Waals surface area contributed by atoms with Crippen LogP contribution in [0.4, 0.5) is 5.69 Å². The number of fused-ring (bicyclic) bond motifs is 1. The predicted molar refractivity (Wildman–Crippen MR) is 126 cm³/mol. The van der Waals surface area contributed by atoms with Crippen molar-refractivity contribution in [2.45, 2.75) is 12.8 Å². The van der Waals surface area contributed by atoms with Gasteiger partial charge in [-0.05, 0) is 60.0 Å². The number of aromatic nitrogens is 1. The van der Waals surface area contributed by atoms with Crippen molar-refractivity contribution in [3.8, 4) is 11.8 Å². The highest BCUT2D eigenvalue weighted by atomic mass is 35.5. The van der Waals surface area contributed by atoms with Crippen molar-refractivity contribution in [3.05, 3.63) is 99.2 Å². The summed E-state index contributed by atoms with van der Waals surface area (Å²) in [6.45, 7) is 1.84. The molecule has 5 nitrogen and oxygen atoms in total. The number of hydrogen-bond acceptors (Lipinski definition) is 4. The summed E-state index contributed by atoms with van der Waals surface area (Å²) in [5.74, 6) is -0.926. The molecule has 0 bridgehead atoms. The first kappa shape index (κ1) is 21.6. The van der Waals surface area contributed by atoms with Crippen molar-refractivity contribution in [2.75, 3.05) is 5.32 Å². The molecule has 0 spiro atoms. The Balaban J connectivity index is 1.67. The van der Waals surface area contributed by atoms with Crippen LogP contribution in [-0.4, -0.2) is 16.0 Å². The van der Waals surface area contributed by atoms with Crippen molar-refractivity contribution in [3.63, 3.8) is 0 Å². The molecule has 0 saturated heterocycles. The number of aromatic hydroxyl groups is 1. The van der Waals surface area contributed by atoms with E-state index in [2.05, 4.69) is 16.4 Å². The lowest BCUT2D eigenvalue weighted by Crippen LogP contribution is -2.14. The number of nitrogens with zero attached hydrogens (tertiary/aromatic N) is 2. The maximum Gasteiger partial charge on any atom is 0.256 e. The minimum absolute atomic E-state index is 0.00507. The molecule has 4 rings (SSSR count). The maximum absolute atomic E-state index is 13.0. The number of phenols is 1. The van der Waals surface area contributed by atoms with E-state index in [-0.39, 0.29) is 11.7 Å². The minimum Gasteiger partial charge on any atom is -0.506 e. The first-order chi connectivity index (χ1) is 15.4. The average Bonchev–Trinajstić information content (AvgIpc) is 2.79. The van der Waals surface area contributed by atoms with Gasteiger partial charge in [0, 0.05) is 32.9 Å². The Morgan fingerprint density at radius 2 is 1.88 bits per heavy atom. The Bertz CT molecular complexity index is 1380. The second-order valence-corrected chi connectivity index (χ2v) is 8.13. The first-order valence-corrected chi connectivity index (χ1v) is 10.5. The number of rotatable bonds is 4. The van der Waals surface area contributed by atoms with Crippen LogP contribution in [0.3, 0.4) is 0 Å². The number of amides is 1. The van der Waals surface area contributed by atoms with Gasteiger partial charge in [-0.25, -0.2) is 0 Å². The van der Waals surface area contributed by atoms with Gasteiger partial charge >= 0.3 is 0 Å². The number of hydrogen-bond donors (Lipinski definition) is 2. The monoisotopic (exact) mass is 461 g/mol. The van der Waals surface area contributed by atoms with Gasteiger partial charge in [-0.1, -0.05) is 47.5 Å². The highest BCUT2D eigenvalue weighted by Crippen LogP contribution is 2.35. The number of phenolic OH excluding ortho intramolecular Hbond substituents is 1. The lowest BCUT2D eigenvalue weighted by Gasteiger charge is -2.16. The molecule has 4 aromatic rings. The number of carbonyl (C=O) groups excluding carboxylic acids is 1. The highest BCUT2D eigenvalue weighted by Gasteiger charge is 2.20. The van der Waals surface area contributed by atoms with Gasteiger partial charge in [0.25, 0.3) is 5.91 Å². The molecular formula is C25H17Cl2N3O2. The molecule has 1 unspecified atom stereocenters. The summed E-state index contributed by atoms with van der Waals surface area (Å²) in [5.41, 5.74) is 3.44. The maximum atomic E-state index is 13.0. The van der Waals surface area contributed by atoms with E-state index in [4.69, 9.17) is 23.2 Å². The SMILES string of the molecule is Cc1cc(C(C#N)c2ccc(Cl)cc2)c(Cl)cc1NC(=O)c1ccc(O)c2ncccc12. The number of anilines is 1. The normalized spacial score (nSPS) is 11.7. The van der Waals surface area contributed by atoms with Crippen molar-refractivity contribution >= 4 is 45.7 Å². The Morgan fingerprint density at radius 3 is 2.59 bits per heavy atom. The zero-order chi connectivity index (χ0) is 22.8. The van der Waals surface area contributed by atoms with Crippen LogP contribution >= 0.6 is 23.2 Å². The number of carbonyl (C=O) groups is 1. The summed E-state index contributed by atoms with van der Waals surface area (Å²) < 4.78 is 0. The third-order valence-electron chi connectivity index (χ3n) is 5.23. The molecule has 1 aromatic heterocycles. The molecular weight excluding hydrogens is 445 g/mol. The second kappa shape index (κ2) is 8.88. The van der Waals surface area contributed by atoms with Crippen LogP contribution in [0.25, 0.3) is 10.9 Å². The van der Waals surface area contributed by atoms with E-state index in [0.717, 1.165) is 11.1 Å². The van der Waals surface area contributed by atoms with E-state index in [0.29, 0.717) is 37.8 Å². The molecule has 1 atom stereocenters. The van der Waals surface area contributed by atoms with E-state index in [9.17, 15) is 15.2 Å². The standard InChI is InChI=1S/C25H17Cl2N3O2/c1-14-11-19(20(13-28)15-4-6-16(26)7-5-15)21(27)12-22(14)30-25(32)18-8-9-23(31)24-17(18)3-2-10-29-24/h2-12,20,31H,1H3,(H,30,32). The fourth-order valence-corrected chi connectivity index (χ4v) is 3.98. The van der Waals surface area contributed by atoms with Gasteiger partial charge in [-0.3, -0.25) is 9.78 Å². The Hall–Kier alpha value is -3.59. The zero-order valence-electron chi connectivity index (χ0n) is 16.9. The van der Waals surface area contributed by atoms with Crippen LogP contribution in [0.1, 0.15) is 33.0 Å². The van der Waals surface area contributed by atoms with Gasteiger partial charge in [0.2, 0.25) is 0 Å². The predicted octanol–water partition coefficient (Wildman–Crippen LogP) is 6.46. The van der Waals surface area contributed by atoms with Crippen molar-refractivity contribution in [1.29, 1.82) is 5.26 Å². The topological polar surface area (TPSA) is 86.0 Å². The second-order valence-electron chi connectivity index (χ2n) is 7.29. The van der Waals surface area contributed by atoms with E-state index in [1.165, 1.54) is 6.07 Å². The van der Waals surface area contributed by atoms with Gasteiger partial charge in [0.15, 0.2) is 0 Å². The zero-order valence-corrected chi connectivity index (χ0v) is 18.4. The summed E-state index contributed by atoms with van der Waals surface area (Å²) in [7, 11) is 0. The molecule has 3 aromatic carbocycles. The molecule has 2 N–H and O–H groups in total. The molecule has 158 valence electrons. The first-order valence-electron chi connectivity index (χ1n) is 9.72. The summed E-state index contributed by atoms with van der Waals surface area (Å²) in [6.07, 6.45) is 1.55. The molecule has 1 heterocycles. The van der Waals surface area contributed by atoms with Crippen LogP contribution in [0.5, 0.6) is 5.75 Å². The number of nitriles is 1. The summed E-state index contributed by atoms with van der Waals surface area (Å²) >= 11 is 12.5. The molecule has 0 aliphatic carbocycles. The molecule has 0 radical (unpaired) electrons. The molecule has 0 saturated carbocycles. The number of halogens is 2. The molecule has 32 heavy (non-hydrogen) atoms. The highest BCUT2D eigenvalue weighted by molar-refractivity contribution is 6.32. The van der Waals surface area contributed by atoms with Gasteiger partial charge in [-0.2, -0.15) is 5.26 Å². The van der Waals surface area contributed by atoms with Crippen LogP contribution < -0.4 is 5.32 Å². The van der Waals surface area contributed by atoms with E-state index >= 15 is 0 Å². The Morgan fingerprint density at radius 1 is 1.12 bits per heavy atom. The van der Waals surface area contributed by atoms with Crippen LogP contribution in [-0.2, 0) is 0 Å². The van der Waals surface area contributed by atoms with E-state index in [1.807, 2.05) is 6.92 Å². The smallest absolute Gasteiger partial charge is 0.256 e.